The van der Waals surface area contributed by atoms with Crippen LogP contribution in [0.5, 0.6) is 17.2 Å². The molecular weight excluding hydrogens is 503 g/mol. The second-order valence-electron chi connectivity index (χ2n) is 8.43. The molecule has 1 fully saturated rings. The number of rotatable bonds is 9. The molecule has 1 saturated heterocycles. The predicted octanol–water partition coefficient (Wildman–Crippen LogP) is 7.71. The van der Waals surface area contributed by atoms with Gasteiger partial charge in [0.2, 0.25) is 0 Å². The van der Waals surface area contributed by atoms with Crippen LogP contribution in [0.4, 0.5) is 0 Å². The molecule has 4 rings (SSSR count). The lowest BCUT2D eigenvalue weighted by molar-refractivity contribution is -0.244. The van der Waals surface area contributed by atoms with E-state index >= 15 is 0 Å². The van der Waals surface area contributed by atoms with Gasteiger partial charge in [-0.3, -0.25) is 4.79 Å². The Hall–Kier alpha value is -3.03. The van der Waals surface area contributed by atoms with Gasteiger partial charge in [0.05, 0.1) is 17.7 Å². The molecule has 3 aromatic carbocycles. The number of hydrogen-bond acceptors (Lipinski definition) is 5. The first-order valence-corrected chi connectivity index (χ1v) is 12.3. The van der Waals surface area contributed by atoms with E-state index in [1.54, 1.807) is 42.5 Å². The fourth-order valence-corrected chi connectivity index (χ4v) is 4.42. The zero-order valence-electron chi connectivity index (χ0n) is 19.3. The van der Waals surface area contributed by atoms with Gasteiger partial charge in [0, 0.05) is 28.5 Å². The van der Waals surface area contributed by atoms with Crippen molar-refractivity contribution in [3.63, 3.8) is 0 Å². The minimum absolute atomic E-state index is 0.0507. The summed E-state index contributed by atoms with van der Waals surface area (Å²) in [7, 11) is 0. The van der Waals surface area contributed by atoms with Gasteiger partial charge in [0.15, 0.2) is 6.29 Å². The highest BCUT2D eigenvalue weighted by Gasteiger charge is 2.34. The van der Waals surface area contributed by atoms with E-state index in [1.165, 1.54) is 0 Å². The molecule has 0 saturated carbocycles. The Labute approximate surface area is 219 Å². The molecule has 1 unspecified atom stereocenters. The summed E-state index contributed by atoms with van der Waals surface area (Å²) >= 11 is 12.1. The Kier molecular flexibility index (Phi) is 8.88. The maximum Gasteiger partial charge on any atom is 0.303 e. The SMILES string of the molecule is O=C(O)CCC=CC[C@@H]1COC(c2ccc(Oc3ccc(Cl)cc3Cl)cc2)O[C@@H]1c1ccccc1O. The number of aromatic hydroxyl groups is 1. The van der Waals surface area contributed by atoms with E-state index in [9.17, 15) is 9.90 Å². The van der Waals surface area contributed by atoms with Crippen LogP contribution >= 0.6 is 23.2 Å². The number of carboxylic acid groups (broad SMARTS) is 1. The summed E-state index contributed by atoms with van der Waals surface area (Å²) < 4.78 is 18.3. The number of ether oxygens (including phenoxy) is 3. The molecule has 1 heterocycles. The van der Waals surface area contributed by atoms with Gasteiger partial charge in [-0.05, 0) is 49.2 Å². The van der Waals surface area contributed by atoms with Crippen molar-refractivity contribution in [1.82, 2.24) is 0 Å². The molecule has 0 radical (unpaired) electrons. The van der Waals surface area contributed by atoms with Gasteiger partial charge in [-0.15, -0.1) is 0 Å². The first-order valence-electron chi connectivity index (χ1n) is 11.6. The van der Waals surface area contributed by atoms with E-state index in [2.05, 4.69) is 0 Å². The van der Waals surface area contributed by atoms with Gasteiger partial charge < -0.3 is 24.4 Å². The highest BCUT2D eigenvalue weighted by Crippen LogP contribution is 2.43. The molecule has 0 aromatic heterocycles. The predicted molar refractivity (Wildman–Crippen MR) is 138 cm³/mol. The molecule has 0 aliphatic carbocycles. The molecule has 36 heavy (non-hydrogen) atoms. The maximum absolute atomic E-state index is 10.7. The van der Waals surface area contributed by atoms with E-state index in [0.29, 0.717) is 46.6 Å². The Balaban J connectivity index is 1.46. The molecule has 6 nitrogen and oxygen atoms in total. The zero-order chi connectivity index (χ0) is 25.5. The number of halogens is 2. The fourth-order valence-electron chi connectivity index (χ4n) is 3.98. The third kappa shape index (κ3) is 6.80. The Morgan fingerprint density at radius 2 is 1.83 bits per heavy atom. The minimum atomic E-state index is -0.827. The smallest absolute Gasteiger partial charge is 0.303 e. The topological polar surface area (TPSA) is 85.2 Å². The number of phenolic OH excluding ortho intramolecular Hbond substituents is 1. The van der Waals surface area contributed by atoms with Crippen LogP contribution in [0.3, 0.4) is 0 Å². The molecule has 3 aromatic rings. The van der Waals surface area contributed by atoms with Gasteiger partial charge in [0.25, 0.3) is 0 Å². The third-order valence-electron chi connectivity index (χ3n) is 5.81. The third-order valence-corrected chi connectivity index (χ3v) is 6.34. The number of hydrogen-bond donors (Lipinski definition) is 2. The molecule has 1 aliphatic rings. The van der Waals surface area contributed by atoms with Crippen molar-refractivity contribution in [3.8, 4) is 17.2 Å². The Morgan fingerprint density at radius 3 is 2.56 bits per heavy atom. The molecule has 3 atom stereocenters. The van der Waals surface area contributed by atoms with Crippen LogP contribution in [0.2, 0.25) is 10.0 Å². The van der Waals surface area contributed by atoms with Crippen LogP contribution in [-0.4, -0.2) is 22.8 Å². The highest BCUT2D eigenvalue weighted by molar-refractivity contribution is 6.35. The number of allylic oxidation sites excluding steroid dienone is 2. The molecule has 2 N–H and O–H groups in total. The number of benzene rings is 3. The molecule has 0 amide bonds. The van der Waals surface area contributed by atoms with Crippen molar-refractivity contribution in [2.24, 2.45) is 5.92 Å². The normalized spacial score (nSPS) is 19.9. The quantitative estimate of drug-likeness (QED) is 0.276. The molecule has 0 spiro atoms. The summed E-state index contributed by atoms with van der Waals surface area (Å²) in [6, 6.07) is 19.5. The largest absolute Gasteiger partial charge is 0.508 e. The number of carboxylic acids is 1. The molecule has 0 bridgehead atoms. The van der Waals surface area contributed by atoms with Gasteiger partial charge in [-0.1, -0.05) is 65.7 Å². The second kappa shape index (κ2) is 12.3. The van der Waals surface area contributed by atoms with Crippen molar-refractivity contribution >= 4 is 29.2 Å². The van der Waals surface area contributed by atoms with Crippen molar-refractivity contribution in [3.05, 3.63) is 100 Å². The lowest BCUT2D eigenvalue weighted by atomic mass is 9.91. The zero-order valence-corrected chi connectivity index (χ0v) is 20.9. The van der Waals surface area contributed by atoms with Crippen molar-refractivity contribution in [2.75, 3.05) is 6.61 Å². The average molecular weight is 529 g/mol. The maximum atomic E-state index is 10.7. The number of phenols is 1. The van der Waals surface area contributed by atoms with E-state index in [-0.39, 0.29) is 18.1 Å². The van der Waals surface area contributed by atoms with Gasteiger partial charge in [-0.25, -0.2) is 0 Å². The van der Waals surface area contributed by atoms with E-state index < -0.39 is 18.4 Å². The minimum Gasteiger partial charge on any atom is -0.508 e. The van der Waals surface area contributed by atoms with Crippen LogP contribution in [-0.2, 0) is 14.3 Å². The Bertz CT molecular complexity index is 1210. The number of carbonyl (C=O) groups is 1. The second-order valence-corrected chi connectivity index (χ2v) is 9.27. The lowest BCUT2D eigenvalue weighted by Gasteiger charge is -2.37. The molecular formula is C28H26Cl2O6. The van der Waals surface area contributed by atoms with E-state index in [0.717, 1.165) is 5.56 Å². The molecule has 1 aliphatic heterocycles. The van der Waals surface area contributed by atoms with Crippen LogP contribution in [0.15, 0.2) is 78.9 Å². The van der Waals surface area contributed by atoms with Crippen molar-refractivity contribution < 1.29 is 29.2 Å². The summed E-state index contributed by atoms with van der Waals surface area (Å²) in [5, 5.41) is 20.2. The van der Waals surface area contributed by atoms with Crippen LogP contribution in [0, 0.1) is 5.92 Å². The standard InChI is InChI=1S/C28H26Cl2O6/c29-20-12-15-25(23(30)16-20)35-21-13-10-18(11-14-21)28-34-17-19(6-2-1-3-9-26(32)33)27(36-28)22-7-4-5-8-24(22)31/h1-2,4-5,7-8,10-16,19,27-28,31H,3,6,9,17H2,(H,32,33)/t19-,27+,28?/m1/s1. The van der Waals surface area contributed by atoms with E-state index in [4.69, 9.17) is 42.5 Å². The van der Waals surface area contributed by atoms with Gasteiger partial charge in [-0.2, -0.15) is 0 Å². The van der Waals surface area contributed by atoms with Crippen molar-refractivity contribution in [2.45, 2.75) is 31.7 Å². The van der Waals surface area contributed by atoms with E-state index in [1.807, 2.05) is 36.4 Å². The summed E-state index contributed by atoms with van der Waals surface area (Å²) in [5.41, 5.74) is 1.49. The lowest BCUT2D eigenvalue weighted by Crippen LogP contribution is -2.30. The summed E-state index contributed by atoms with van der Waals surface area (Å²) in [6.45, 7) is 0.408. The Morgan fingerprint density at radius 1 is 1.06 bits per heavy atom. The summed E-state index contributed by atoms with van der Waals surface area (Å²) in [5.74, 6) is 0.377. The van der Waals surface area contributed by atoms with Crippen LogP contribution in [0.1, 0.15) is 42.8 Å². The van der Waals surface area contributed by atoms with Crippen molar-refractivity contribution in [1.29, 1.82) is 0 Å². The van der Waals surface area contributed by atoms with Crippen LogP contribution < -0.4 is 4.74 Å². The number of para-hydroxylation sites is 1. The number of aliphatic carboxylic acids is 1. The summed E-state index contributed by atoms with van der Waals surface area (Å²) in [6.07, 6.45) is 3.94. The molecule has 188 valence electrons. The highest BCUT2D eigenvalue weighted by atomic mass is 35.5. The first kappa shape index (κ1) is 26.0. The van der Waals surface area contributed by atoms with Gasteiger partial charge in [0.1, 0.15) is 17.2 Å². The fraction of sp³-hybridized carbons (Fsp3) is 0.250. The van der Waals surface area contributed by atoms with Gasteiger partial charge >= 0.3 is 5.97 Å². The molecule has 8 heteroatoms. The summed E-state index contributed by atoms with van der Waals surface area (Å²) in [4.78, 5) is 10.7. The monoisotopic (exact) mass is 528 g/mol. The van der Waals surface area contributed by atoms with Crippen LogP contribution in [0.25, 0.3) is 0 Å². The first-order chi connectivity index (χ1) is 17.4. The average Bonchev–Trinajstić information content (AvgIpc) is 2.86.